The fraction of sp³-hybridized carbons (Fsp3) is 0.357. The zero-order valence-electron chi connectivity index (χ0n) is 10.7. The normalized spacial score (nSPS) is 13.9. The van der Waals surface area contributed by atoms with Gasteiger partial charge in [0.1, 0.15) is 0 Å². The van der Waals surface area contributed by atoms with Gasteiger partial charge in [-0.1, -0.05) is 0 Å². The molecule has 0 radical (unpaired) electrons. The van der Waals surface area contributed by atoms with Crippen LogP contribution < -0.4 is 5.32 Å². The summed E-state index contributed by atoms with van der Waals surface area (Å²) in [5.41, 5.74) is 7.53. The molecule has 0 aromatic carbocycles. The van der Waals surface area contributed by atoms with Crippen molar-refractivity contribution in [1.82, 2.24) is 15.3 Å². The third kappa shape index (κ3) is 2.28. The average Bonchev–Trinajstić information content (AvgIpc) is 2.72. The molecule has 2 aromatic heterocycles. The van der Waals surface area contributed by atoms with E-state index in [0.29, 0.717) is 0 Å². The van der Waals surface area contributed by atoms with Gasteiger partial charge in [-0.25, -0.2) is 0 Å². The number of pyridine rings is 1. The first-order valence-electron chi connectivity index (χ1n) is 6.09. The van der Waals surface area contributed by atoms with Gasteiger partial charge in [0.2, 0.25) is 0 Å². The van der Waals surface area contributed by atoms with Crippen molar-refractivity contribution in [3.05, 3.63) is 40.8 Å². The van der Waals surface area contributed by atoms with Crippen molar-refractivity contribution in [3.8, 4) is 11.3 Å². The highest BCUT2D eigenvalue weighted by molar-refractivity contribution is 5.85. The van der Waals surface area contributed by atoms with Gasteiger partial charge in [0.15, 0.2) is 0 Å². The Hall–Kier alpha value is -1.32. The Bertz CT molecular complexity index is 537. The Balaban J connectivity index is 0.00000120. The lowest BCUT2D eigenvalue weighted by Gasteiger charge is -2.11. The number of aryl methyl sites for hydroxylation is 2. The van der Waals surface area contributed by atoms with Crippen LogP contribution in [0.25, 0.3) is 11.3 Å². The molecule has 0 unspecified atom stereocenters. The van der Waals surface area contributed by atoms with Gasteiger partial charge in [0.05, 0.1) is 0 Å². The molecule has 2 N–H and O–H groups in total. The van der Waals surface area contributed by atoms with Crippen molar-refractivity contribution < 1.29 is 0 Å². The molecular weight excluding hydrogens is 246 g/mol. The van der Waals surface area contributed by atoms with E-state index < -0.39 is 0 Å². The number of rotatable bonds is 1. The monoisotopic (exact) mass is 263 g/mol. The molecule has 0 atom stereocenters. The minimum absolute atomic E-state index is 0. The summed E-state index contributed by atoms with van der Waals surface area (Å²) in [7, 11) is 0. The lowest BCUT2D eigenvalue weighted by Crippen LogP contribution is -2.22. The van der Waals surface area contributed by atoms with Crippen LogP contribution in [0.3, 0.4) is 0 Å². The highest BCUT2D eigenvalue weighted by atomic mass is 35.5. The van der Waals surface area contributed by atoms with Crippen molar-refractivity contribution in [2.45, 2.75) is 26.8 Å². The molecule has 4 heteroatoms. The number of nitrogens with zero attached hydrogens (tertiary/aromatic N) is 1. The standard InChI is InChI=1S/C14H17N3.ClH/c1-9-5-10(2)16-8-12(9)14-6-11-7-15-4-3-13(11)17-14;/h5-6,8,15,17H,3-4,7H2,1-2H3;1H. The van der Waals surface area contributed by atoms with Gasteiger partial charge in [-0.05, 0) is 37.1 Å². The molecule has 3 nitrogen and oxygen atoms in total. The molecule has 0 amide bonds. The fourth-order valence-corrected chi connectivity index (χ4v) is 2.48. The molecule has 0 bridgehead atoms. The van der Waals surface area contributed by atoms with E-state index >= 15 is 0 Å². The molecule has 3 heterocycles. The average molecular weight is 264 g/mol. The number of halogens is 1. The zero-order chi connectivity index (χ0) is 11.8. The maximum atomic E-state index is 4.39. The summed E-state index contributed by atoms with van der Waals surface area (Å²) in [6.45, 7) is 6.21. The van der Waals surface area contributed by atoms with Gasteiger partial charge >= 0.3 is 0 Å². The van der Waals surface area contributed by atoms with Crippen molar-refractivity contribution in [2.24, 2.45) is 0 Å². The second kappa shape index (κ2) is 5.12. The number of hydrogen-bond donors (Lipinski definition) is 2. The van der Waals surface area contributed by atoms with Crippen molar-refractivity contribution in [1.29, 1.82) is 0 Å². The Labute approximate surface area is 113 Å². The van der Waals surface area contributed by atoms with Gasteiger partial charge in [0, 0.05) is 48.4 Å². The van der Waals surface area contributed by atoms with Crippen LogP contribution in [0.2, 0.25) is 0 Å². The molecule has 1 aliphatic rings. The first kappa shape index (κ1) is 13.1. The second-order valence-corrected chi connectivity index (χ2v) is 4.75. The van der Waals surface area contributed by atoms with Gasteiger partial charge < -0.3 is 10.3 Å². The Morgan fingerprint density at radius 2 is 2.06 bits per heavy atom. The first-order chi connectivity index (χ1) is 8.24. The van der Waals surface area contributed by atoms with E-state index in [9.17, 15) is 0 Å². The molecule has 2 aromatic rings. The van der Waals surface area contributed by atoms with Gasteiger partial charge in [-0.15, -0.1) is 12.4 Å². The van der Waals surface area contributed by atoms with E-state index in [4.69, 9.17) is 0 Å². The molecule has 3 rings (SSSR count). The minimum Gasteiger partial charge on any atom is -0.358 e. The summed E-state index contributed by atoms with van der Waals surface area (Å²) in [5.74, 6) is 0. The highest BCUT2D eigenvalue weighted by Gasteiger charge is 2.14. The van der Waals surface area contributed by atoms with Crippen LogP contribution in [0, 0.1) is 13.8 Å². The van der Waals surface area contributed by atoms with Crippen LogP contribution in [0.15, 0.2) is 18.3 Å². The van der Waals surface area contributed by atoms with Gasteiger partial charge in [0.25, 0.3) is 0 Å². The van der Waals surface area contributed by atoms with Crippen molar-refractivity contribution >= 4 is 12.4 Å². The van der Waals surface area contributed by atoms with Crippen LogP contribution in [0.4, 0.5) is 0 Å². The Morgan fingerprint density at radius 1 is 1.22 bits per heavy atom. The van der Waals surface area contributed by atoms with E-state index in [0.717, 1.165) is 25.2 Å². The van der Waals surface area contributed by atoms with Crippen LogP contribution in [0.1, 0.15) is 22.5 Å². The third-order valence-electron chi connectivity index (χ3n) is 3.40. The number of hydrogen-bond acceptors (Lipinski definition) is 2. The lowest BCUT2D eigenvalue weighted by molar-refractivity contribution is 0.638. The van der Waals surface area contributed by atoms with Crippen molar-refractivity contribution in [3.63, 3.8) is 0 Å². The summed E-state index contributed by atoms with van der Waals surface area (Å²) in [5, 5.41) is 3.39. The first-order valence-corrected chi connectivity index (χ1v) is 6.09. The zero-order valence-corrected chi connectivity index (χ0v) is 11.5. The quantitative estimate of drug-likeness (QED) is 0.831. The van der Waals surface area contributed by atoms with Crippen LogP contribution in [-0.2, 0) is 13.0 Å². The molecule has 18 heavy (non-hydrogen) atoms. The largest absolute Gasteiger partial charge is 0.358 e. The van der Waals surface area contributed by atoms with Gasteiger partial charge in [-0.2, -0.15) is 0 Å². The van der Waals surface area contributed by atoms with Gasteiger partial charge in [-0.3, -0.25) is 4.98 Å². The molecule has 0 aliphatic carbocycles. The molecule has 96 valence electrons. The van der Waals surface area contributed by atoms with Crippen LogP contribution in [-0.4, -0.2) is 16.5 Å². The van der Waals surface area contributed by atoms with E-state index in [1.54, 1.807) is 0 Å². The molecule has 1 aliphatic heterocycles. The second-order valence-electron chi connectivity index (χ2n) is 4.75. The molecule has 0 fully saturated rings. The summed E-state index contributed by atoms with van der Waals surface area (Å²) in [6, 6.07) is 4.38. The van der Waals surface area contributed by atoms with Crippen LogP contribution >= 0.6 is 12.4 Å². The lowest BCUT2D eigenvalue weighted by atomic mass is 10.1. The molecule has 0 spiro atoms. The minimum atomic E-state index is 0. The maximum absolute atomic E-state index is 4.39. The van der Waals surface area contributed by atoms with Crippen LogP contribution in [0.5, 0.6) is 0 Å². The number of nitrogens with one attached hydrogen (secondary N) is 2. The smallest absolute Gasteiger partial charge is 0.0477 e. The molecule has 0 saturated carbocycles. The van der Waals surface area contributed by atoms with E-state index in [1.165, 1.54) is 28.1 Å². The fourth-order valence-electron chi connectivity index (χ4n) is 2.48. The SMILES string of the molecule is Cc1cc(C)c(-c2cc3c([nH]2)CCNC3)cn1.Cl. The topological polar surface area (TPSA) is 40.7 Å². The summed E-state index contributed by atoms with van der Waals surface area (Å²) in [4.78, 5) is 7.92. The Morgan fingerprint density at radius 3 is 2.78 bits per heavy atom. The maximum Gasteiger partial charge on any atom is 0.0477 e. The third-order valence-corrected chi connectivity index (χ3v) is 3.40. The Kier molecular flexibility index (Phi) is 3.73. The van der Waals surface area contributed by atoms with E-state index in [1.807, 2.05) is 13.1 Å². The van der Waals surface area contributed by atoms with Crippen molar-refractivity contribution in [2.75, 3.05) is 6.54 Å². The number of H-pyrrole nitrogens is 1. The predicted octanol–water partition coefficient (Wildman–Crippen LogP) is 2.76. The predicted molar refractivity (Wildman–Crippen MR) is 76.2 cm³/mol. The summed E-state index contributed by atoms with van der Waals surface area (Å²) >= 11 is 0. The molecule has 0 saturated heterocycles. The van der Waals surface area contributed by atoms with E-state index in [-0.39, 0.29) is 12.4 Å². The highest BCUT2D eigenvalue weighted by Crippen LogP contribution is 2.26. The number of aromatic amines is 1. The summed E-state index contributed by atoms with van der Waals surface area (Å²) in [6.07, 6.45) is 3.06. The van der Waals surface area contributed by atoms with E-state index in [2.05, 4.69) is 34.3 Å². The number of aromatic nitrogens is 2. The number of fused-ring (bicyclic) bond motifs is 1. The summed E-state index contributed by atoms with van der Waals surface area (Å²) < 4.78 is 0. The molecular formula is C14H18ClN3.